The van der Waals surface area contributed by atoms with Crippen LogP contribution in [0.1, 0.15) is 22.3 Å². The summed E-state index contributed by atoms with van der Waals surface area (Å²) in [6.07, 6.45) is 0. The molecule has 6 aromatic rings. The Kier molecular flexibility index (Phi) is 13.8. The van der Waals surface area contributed by atoms with Gasteiger partial charge in [0, 0.05) is 5.56 Å². The third kappa shape index (κ3) is 13.9. The minimum absolute atomic E-state index is 0.415. The van der Waals surface area contributed by atoms with Crippen molar-refractivity contribution < 1.29 is 42.1 Å². The zero-order chi connectivity index (χ0) is 36.9. The van der Waals surface area contributed by atoms with Crippen LogP contribution in [-0.2, 0) is 9.13 Å². The van der Waals surface area contributed by atoms with Gasteiger partial charge in [-0.1, -0.05) is 113 Å². The highest BCUT2D eigenvalue weighted by Gasteiger charge is 2.33. The van der Waals surface area contributed by atoms with E-state index in [1.807, 2.05) is 112 Å². The van der Waals surface area contributed by atoms with Crippen molar-refractivity contribution in [3.63, 3.8) is 0 Å². The van der Waals surface area contributed by atoms with Gasteiger partial charge in [0.2, 0.25) is 0 Å². The molecule has 3 N–H and O–H groups in total. The van der Waals surface area contributed by atoms with E-state index in [9.17, 15) is 4.57 Å². The van der Waals surface area contributed by atoms with Gasteiger partial charge < -0.3 is 33.0 Å². The number of benzene rings is 6. The molecular formula is C40H40O9P2. The molecule has 0 aromatic heterocycles. The molecule has 0 aliphatic heterocycles. The first kappa shape index (κ1) is 38.7. The molecule has 0 aliphatic rings. The molecule has 0 saturated carbocycles. The average molecular weight is 727 g/mol. The maximum absolute atomic E-state index is 13.3. The van der Waals surface area contributed by atoms with Gasteiger partial charge in [-0.05, 0) is 93.9 Å². The summed E-state index contributed by atoms with van der Waals surface area (Å²) in [6, 6.07) is 48.1. The number of phosphoric acid groups is 2. The van der Waals surface area contributed by atoms with Crippen LogP contribution < -0.4 is 18.3 Å². The normalized spacial score (nSPS) is 10.8. The summed E-state index contributed by atoms with van der Waals surface area (Å²) in [5.41, 5.74) is 6.74. The first-order chi connectivity index (χ1) is 24.2. The van der Waals surface area contributed by atoms with Gasteiger partial charge in [0.05, 0.1) is 0 Å². The van der Waals surface area contributed by atoms with E-state index in [1.54, 1.807) is 36.4 Å². The fourth-order valence-electron chi connectivity index (χ4n) is 4.43. The molecular weight excluding hydrogens is 686 g/mol. The van der Waals surface area contributed by atoms with Gasteiger partial charge in [0.25, 0.3) is 0 Å². The second kappa shape index (κ2) is 18.2. The second-order valence-electron chi connectivity index (χ2n) is 11.5. The van der Waals surface area contributed by atoms with Crippen LogP contribution in [0.4, 0.5) is 0 Å². The monoisotopic (exact) mass is 726 g/mol. The summed E-state index contributed by atoms with van der Waals surface area (Å²) in [4.78, 5) is 21.6. The van der Waals surface area contributed by atoms with E-state index in [2.05, 4.69) is 31.2 Å². The number of hydrogen-bond donors (Lipinski definition) is 3. The number of phosphoric ester groups is 1. The van der Waals surface area contributed by atoms with Crippen LogP contribution in [0.15, 0.2) is 152 Å². The van der Waals surface area contributed by atoms with Crippen LogP contribution in [0.2, 0.25) is 0 Å². The van der Waals surface area contributed by atoms with Crippen LogP contribution in [0, 0.1) is 27.7 Å². The summed E-state index contributed by atoms with van der Waals surface area (Å²) < 4.78 is 45.1. The first-order valence-corrected chi connectivity index (χ1v) is 18.8. The molecule has 0 aliphatic carbocycles. The largest absolute Gasteiger partial charge is 0.647 e. The highest BCUT2D eigenvalue weighted by molar-refractivity contribution is 7.49. The minimum atomic E-state index is -4.64. The molecule has 6 rings (SSSR count). The quantitative estimate of drug-likeness (QED) is 0.125. The molecule has 6 aromatic carbocycles. The van der Waals surface area contributed by atoms with E-state index in [-0.39, 0.29) is 0 Å². The van der Waals surface area contributed by atoms with Crippen molar-refractivity contribution in [2.24, 2.45) is 0 Å². The van der Waals surface area contributed by atoms with E-state index in [1.165, 1.54) is 11.1 Å². The molecule has 0 heterocycles. The van der Waals surface area contributed by atoms with Crippen LogP contribution in [-0.4, -0.2) is 14.7 Å². The Hall–Kier alpha value is -5.14. The Morgan fingerprint density at radius 2 is 0.784 bits per heavy atom. The third-order valence-corrected chi connectivity index (χ3v) is 8.21. The van der Waals surface area contributed by atoms with Gasteiger partial charge >= 0.3 is 15.6 Å². The van der Waals surface area contributed by atoms with Crippen molar-refractivity contribution in [2.75, 3.05) is 0 Å². The van der Waals surface area contributed by atoms with Crippen LogP contribution in [0.25, 0.3) is 11.1 Å². The summed E-state index contributed by atoms with van der Waals surface area (Å²) in [5, 5.41) is 0. The maximum atomic E-state index is 13.3. The van der Waals surface area contributed by atoms with Crippen molar-refractivity contribution in [1.82, 2.24) is 0 Å². The van der Waals surface area contributed by atoms with E-state index in [0.717, 1.165) is 33.8 Å². The smallest absolute Gasteiger partial charge is 0.457 e. The molecule has 9 nitrogen and oxygen atoms in total. The number of rotatable bonds is 9. The lowest BCUT2D eigenvalue weighted by Crippen LogP contribution is -2.07. The van der Waals surface area contributed by atoms with E-state index in [0.29, 0.717) is 17.2 Å². The first-order valence-electron chi connectivity index (χ1n) is 15.8. The Bertz CT molecular complexity index is 1920. The van der Waals surface area contributed by atoms with Crippen LogP contribution in [0.3, 0.4) is 0 Å². The van der Waals surface area contributed by atoms with Gasteiger partial charge in [0.15, 0.2) is 0 Å². The van der Waals surface area contributed by atoms with Gasteiger partial charge in [0.1, 0.15) is 28.7 Å². The Morgan fingerprint density at radius 1 is 0.431 bits per heavy atom. The zero-order valence-electron chi connectivity index (χ0n) is 28.6. The van der Waals surface area contributed by atoms with E-state index >= 15 is 0 Å². The fraction of sp³-hybridized carbons (Fsp3) is 0.100. The second-order valence-corrected chi connectivity index (χ2v) is 13.9. The standard InChI is InChI=1S/C21H21O4P.C19H16O.H3O4P/c1-16-4-10-19(11-5-16)23-26(22,24-20-12-6-17(2)7-13-20)25-21-14-8-18(3)9-15-21;1-15-12-13-19(20-17-10-6-3-7-11-17)18(14-15)16-8-4-2-5-9-16;1-5(2,3)4/h4-15H,1-3H3;2-14H,1H3;(H3,1,2,3,4). The Morgan fingerprint density at radius 3 is 1.18 bits per heavy atom. The lowest BCUT2D eigenvalue weighted by molar-refractivity contribution is 0.275. The number of hydrogen-bond acceptors (Lipinski definition) is 6. The summed E-state index contributed by atoms with van der Waals surface area (Å²) in [7, 11) is -8.57. The molecule has 0 amide bonds. The van der Waals surface area contributed by atoms with Gasteiger partial charge in [-0.2, -0.15) is 4.57 Å². The third-order valence-electron chi connectivity index (χ3n) is 6.91. The van der Waals surface area contributed by atoms with Crippen molar-refractivity contribution >= 4 is 15.6 Å². The highest BCUT2D eigenvalue weighted by atomic mass is 31.2. The predicted molar refractivity (Wildman–Crippen MR) is 200 cm³/mol. The predicted octanol–water partition coefficient (Wildman–Crippen LogP) is 10.8. The minimum Gasteiger partial charge on any atom is -0.457 e. The molecule has 0 unspecified atom stereocenters. The summed E-state index contributed by atoms with van der Waals surface area (Å²) in [5.74, 6) is 2.98. The van der Waals surface area contributed by atoms with Crippen molar-refractivity contribution in [3.8, 4) is 39.9 Å². The molecule has 11 heteroatoms. The van der Waals surface area contributed by atoms with Crippen molar-refractivity contribution in [3.05, 3.63) is 174 Å². The lowest BCUT2D eigenvalue weighted by atomic mass is 10.0. The Balaban J connectivity index is 0.000000207. The average Bonchev–Trinajstić information content (AvgIpc) is 3.09. The molecule has 0 spiro atoms. The molecule has 51 heavy (non-hydrogen) atoms. The Labute approximate surface area is 298 Å². The van der Waals surface area contributed by atoms with Crippen LogP contribution >= 0.6 is 15.6 Å². The fourth-order valence-corrected chi connectivity index (χ4v) is 5.68. The number of aryl methyl sites for hydroxylation is 4. The lowest BCUT2D eigenvalue weighted by Gasteiger charge is -2.19. The molecule has 0 saturated heterocycles. The summed E-state index contributed by atoms with van der Waals surface area (Å²) >= 11 is 0. The van der Waals surface area contributed by atoms with E-state index < -0.39 is 15.6 Å². The van der Waals surface area contributed by atoms with Gasteiger partial charge in [-0.3, -0.25) is 0 Å². The topological polar surface area (TPSA) is 132 Å². The molecule has 0 atom stereocenters. The van der Waals surface area contributed by atoms with E-state index in [4.69, 9.17) is 37.6 Å². The van der Waals surface area contributed by atoms with Crippen molar-refractivity contribution in [1.29, 1.82) is 0 Å². The van der Waals surface area contributed by atoms with Gasteiger partial charge in [-0.25, -0.2) is 4.57 Å². The molecule has 0 radical (unpaired) electrons. The summed E-state index contributed by atoms with van der Waals surface area (Å²) in [6.45, 7) is 8.00. The zero-order valence-corrected chi connectivity index (χ0v) is 30.4. The van der Waals surface area contributed by atoms with Crippen molar-refractivity contribution in [2.45, 2.75) is 27.7 Å². The highest BCUT2D eigenvalue weighted by Crippen LogP contribution is 2.49. The number of para-hydroxylation sites is 1. The maximum Gasteiger partial charge on any atom is 0.647 e. The number of ether oxygens (including phenoxy) is 1. The molecule has 264 valence electrons. The SMILES string of the molecule is Cc1ccc(OP(=O)(Oc2ccc(C)cc2)Oc2ccc(C)cc2)cc1.Cc1ccc(Oc2ccccc2)c(-c2ccccc2)c1.O=P(O)(O)O. The molecule has 0 fully saturated rings. The van der Waals surface area contributed by atoms with Gasteiger partial charge in [-0.15, -0.1) is 0 Å². The molecule has 0 bridgehead atoms. The van der Waals surface area contributed by atoms with Crippen LogP contribution in [0.5, 0.6) is 28.7 Å².